The van der Waals surface area contributed by atoms with Crippen molar-refractivity contribution in [2.45, 2.75) is 12.8 Å². The lowest BCUT2D eigenvalue weighted by atomic mass is 10.1. The van der Waals surface area contributed by atoms with E-state index in [1.165, 1.54) is 4.90 Å². The standard InChI is InChI=1S/C18H18N4O6/c1-20(2)17(23)9-6-12-4-3-5-13(10-12)19-18(24)15-8-7-14(21(25)26)11-16(15)22(27)28/h3-5,7-8,10-11H,6,9H2,1-2H3,(H,19,24). The van der Waals surface area contributed by atoms with Crippen molar-refractivity contribution in [3.63, 3.8) is 0 Å². The van der Waals surface area contributed by atoms with Gasteiger partial charge in [-0.05, 0) is 30.2 Å². The normalized spacial score (nSPS) is 10.2. The topological polar surface area (TPSA) is 136 Å². The monoisotopic (exact) mass is 386 g/mol. The Kier molecular flexibility index (Phi) is 6.38. The minimum atomic E-state index is -0.842. The molecule has 2 rings (SSSR count). The van der Waals surface area contributed by atoms with Crippen LogP contribution in [0, 0.1) is 20.2 Å². The first-order valence-electron chi connectivity index (χ1n) is 8.22. The number of rotatable bonds is 7. The number of amides is 2. The maximum Gasteiger partial charge on any atom is 0.289 e. The first-order valence-corrected chi connectivity index (χ1v) is 8.22. The Hall–Kier alpha value is -3.82. The Morgan fingerprint density at radius 3 is 2.36 bits per heavy atom. The van der Waals surface area contributed by atoms with E-state index >= 15 is 0 Å². The van der Waals surface area contributed by atoms with E-state index in [0.29, 0.717) is 18.5 Å². The van der Waals surface area contributed by atoms with E-state index < -0.39 is 27.1 Å². The van der Waals surface area contributed by atoms with Crippen LogP contribution in [-0.4, -0.2) is 40.7 Å². The highest BCUT2D eigenvalue weighted by Gasteiger charge is 2.24. The molecule has 146 valence electrons. The number of nitro benzene ring substituents is 2. The molecule has 0 saturated carbocycles. The van der Waals surface area contributed by atoms with Crippen LogP contribution in [0.2, 0.25) is 0 Å². The molecule has 0 heterocycles. The molecule has 2 aromatic rings. The maximum absolute atomic E-state index is 12.4. The van der Waals surface area contributed by atoms with Crippen LogP contribution in [0.25, 0.3) is 0 Å². The predicted molar refractivity (Wildman–Crippen MR) is 101 cm³/mol. The summed E-state index contributed by atoms with van der Waals surface area (Å²) in [4.78, 5) is 46.0. The van der Waals surface area contributed by atoms with Gasteiger partial charge >= 0.3 is 0 Å². The van der Waals surface area contributed by atoms with Gasteiger partial charge in [0.2, 0.25) is 5.91 Å². The lowest BCUT2D eigenvalue weighted by molar-refractivity contribution is -0.394. The molecule has 1 N–H and O–H groups in total. The molecule has 10 heteroatoms. The molecule has 0 spiro atoms. The highest BCUT2D eigenvalue weighted by molar-refractivity contribution is 6.07. The average molecular weight is 386 g/mol. The first-order chi connectivity index (χ1) is 13.2. The van der Waals surface area contributed by atoms with Gasteiger partial charge < -0.3 is 10.2 Å². The fourth-order valence-electron chi connectivity index (χ4n) is 2.45. The molecule has 0 saturated heterocycles. The number of anilines is 1. The first kappa shape index (κ1) is 20.5. The highest BCUT2D eigenvalue weighted by atomic mass is 16.6. The van der Waals surface area contributed by atoms with Crippen molar-refractivity contribution in [1.29, 1.82) is 0 Å². The van der Waals surface area contributed by atoms with Gasteiger partial charge in [0.05, 0.1) is 15.9 Å². The second-order valence-corrected chi connectivity index (χ2v) is 6.16. The van der Waals surface area contributed by atoms with Gasteiger partial charge in [-0.1, -0.05) is 12.1 Å². The van der Waals surface area contributed by atoms with Crippen molar-refractivity contribution in [1.82, 2.24) is 4.90 Å². The Morgan fingerprint density at radius 1 is 1.04 bits per heavy atom. The van der Waals surface area contributed by atoms with Crippen LogP contribution < -0.4 is 5.32 Å². The van der Waals surface area contributed by atoms with Gasteiger partial charge in [0, 0.05) is 32.3 Å². The quantitative estimate of drug-likeness (QED) is 0.574. The van der Waals surface area contributed by atoms with Crippen LogP contribution in [0.1, 0.15) is 22.3 Å². The molecular formula is C18H18N4O6. The number of hydrogen-bond donors (Lipinski definition) is 1. The van der Waals surface area contributed by atoms with Gasteiger partial charge in [-0.25, -0.2) is 0 Å². The number of carbonyl (C=O) groups excluding carboxylic acids is 2. The van der Waals surface area contributed by atoms with E-state index in [2.05, 4.69) is 5.32 Å². The van der Waals surface area contributed by atoms with Crippen molar-refractivity contribution in [2.24, 2.45) is 0 Å². The summed E-state index contributed by atoms with van der Waals surface area (Å²) in [5.41, 5.74) is -0.210. The zero-order chi connectivity index (χ0) is 20.8. The van der Waals surface area contributed by atoms with E-state index in [-0.39, 0.29) is 11.5 Å². The third-order valence-corrected chi connectivity index (χ3v) is 3.94. The summed E-state index contributed by atoms with van der Waals surface area (Å²) in [5, 5.41) is 24.5. The van der Waals surface area contributed by atoms with E-state index in [1.54, 1.807) is 38.4 Å². The number of nitro groups is 2. The lowest BCUT2D eigenvalue weighted by Crippen LogP contribution is -2.21. The molecule has 0 aliphatic carbocycles. The Morgan fingerprint density at radius 2 is 1.75 bits per heavy atom. The molecule has 0 bridgehead atoms. The molecule has 28 heavy (non-hydrogen) atoms. The summed E-state index contributed by atoms with van der Waals surface area (Å²) in [6.45, 7) is 0. The minimum absolute atomic E-state index is 0.0315. The van der Waals surface area contributed by atoms with Crippen LogP contribution in [0.3, 0.4) is 0 Å². The molecule has 10 nitrogen and oxygen atoms in total. The fraction of sp³-hybridized carbons (Fsp3) is 0.222. The predicted octanol–water partition coefficient (Wildman–Crippen LogP) is 2.78. The van der Waals surface area contributed by atoms with E-state index in [0.717, 1.165) is 23.8 Å². The van der Waals surface area contributed by atoms with E-state index in [4.69, 9.17) is 0 Å². The van der Waals surface area contributed by atoms with E-state index in [1.807, 2.05) is 0 Å². The smallest absolute Gasteiger partial charge is 0.289 e. The molecule has 0 atom stereocenters. The molecule has 2 aromatic carbocycles. The van der Waals surface area contributed by atoms with Gasteiger partial charge in [0.25, 0.3) is 17.3 Å². The summed E-state index contributed by atoms with van der Waals surface area (Å²) in [5.74, 6) is -0.793. The molecule has 0 aromatic heterocycles. The van der Waals surface area contributed by atoms with Crippen LogP contribution in [-0.2, 0) is 11.2 Å². The zero-order valence-electron chi connectivity index (χ0n) is 15.2. The third kappa shape index (κ3) is 5.10. The number of non-ortho nitro benzene ring substituents is 1. The summed E-state index contributed by atoms with van der Waals surface area (Å²) < 4.78 is 0. The van der Waals surface area contributed by atoms with E-state index in [9.17, 15) is 29.8 Å². The molecule has 0 radical (unpaired) electrons. The molecule has 0 aliphatic rings. The van der Waals surface area contributed by atoms with Crippen molar-refractivity contribution < 1.29 is 19.4 Å². The molecule has 0 unspecified atom stereocenters. The summed E-state index contributed by atoms with van der Waals surface area (Å²) in [6, 6.07) is 9.58. The largest absolute Gasteiger partial charge is 0.349 e. The SMILES string of the molecule is CN(C)C(=O)CCc1cccc(NC(=O)c2ccc([N+](=O)[O-])cc2[N+](=O)[O-])c1. The number of aryl methyl sites for hydroxylation is 1. The van der Waals surface area contributed by atoms with Gasteiger partial charge in [-0.3, -0.25) is 29.8 Å². The van der Waals surface area contributed by atoms with Crippen LogP contribution in [0.4, 0.5) is 17.1 Å². The fourth-order valence-corrected chi connectivity index (χ4v) is 2.45. The van der Waals surface area contributed by atoms with Gasteiger partial charge in [0.1, 0.15) is 5.56 Å². The van der Waals surface area contributed by atoms with Crippen LogP contribution in [0.5, 0.6) is 0 Å². The molecular weight excluding hydrogens is 368 g/mol. The zero-order valence-corrected chi connectivity index (χ0v) is 15.2. The van der Waals surface area contributed by atoms with Crippen LogP contribution in [0.15, 0.2) is 42.5 Å². The Balaban J connectivity index is 2.19. The van der Waals surface area contributed by atoms with Crippen molar-refractivity contribution in [3.8, 4) is 0 Å². The maximum atomic E-state index is 12.4. The number of nitrogens with one attached hydrogen (secondary N) is 1. The van der Waals surface area contributed by atoms with Crippen molar-refractivity contribution in [3.05, 3.63) is 73.8 Å². The molecule has 2 amide bonds. The number of benzene rings is 2. The molecule has 0 aliphatic heterocycles. The van der Waals surface area contributed by atoms with Crippen LogP contribution >= 0.6 is 0 Å². The number of hydrogen-bond acceptors (Lipinski definition) is 6. The third-order valence-electron chi connectivity index (χ3n) is 3.94. The Bertz CT molecular complexity index is 941. The highest BCUT2D eigenvalue weighted by Crippen LogP contribution is 2.25. The van der Waals surface area contributed by atoms with Crippen molar-refractivity contribution >= 4 is 28.9 Å². The summed E-state index contributed by atoms with van der Waals surface area (Å²) in [7, 11) is 3.33. The van der Waals surface area contributed by atoms with Gasteiger partial charge in [-0.15, -0.1) is 0 Å². The van der Waals surface area contributed by atoms with Gasteiger partial charge in [-0.2, -0.15) is 0 Å². The number of nitrogens with zero attached hydrogens (tertiary/aromatic N) is 3. The second kappa shape index (κ2) is 8.71. The Labute approximate surface area is 160 Å². The average Bonchev–Trinajstić information content (AvgIpc) is 2.65. The van der Waals surface area contributed by atoms with Gasteiger partial charge in [0.15, 0.2) is 0 Å². The summed E-state index contributed by atoms with van der Waals surface area (Å²) in [6.07, 6.45) is 0.774. The molecule has 0 fully saturated rings. The van der Waals surface area contributed by atoms with Crippen molar-refractivity contribution in [2.75, 3.05) is 19.4 Å². The second-order valence-electron chi connectivity index (χ2n) is 6.16. The number of carbonyl (C=O) groups is 2. The summed E-state index contributed by atoms with van der Waals surface area (Å²) >= 11 is 0. The lowest BCUT2D eigenvalue weighted by Gasteiger charge is -2.11. The minimum Gasteiger partial charge on any atom is -0.349 e.